The smallest absolute Gasteiger partial charge is 0.346 e. The van der Waals surface area contributed by atoms with E-state index in [4.69, 9.17) is 4.74 Å². The molecule has 1 unspecified atom stereocenters. The van der Waals surface area contributed by atoms with Crippen LogP contribution in [0.5, 0.6) is 17.2 Å². The lowest BCUT2D eigenvalue weighted by Gasteiger charge is -2.27. The molecular weight excluding hydrogens is 663 g/mol. The molecule has 3 aromatic carbocycles. The van der Waals surface area contributed by atoms with Crippen molar-refractivity contribution in [2.45, 2.75) is 49.8 Å². The van der Waals surface area contributed by atoms with Gasteiger partial charge in [-0.05, 0) is 54.3 Å². The van der Waals surface area contributed by atoms with Gasteiger partial charge in [0.2, 0.25) is 17.7 Å². The van der Waals surface area contributed by atoms with Crippen molar-refractivity contribution < 1.29 is 58.7 Å². The standard InChI is InChI=1S/C32H39N4O12P/c1-18(37)28(32(43)44)36-30(42)24(15-20-8-11-22(38)12-9-20)34-27(40)17-33-29(41)23(14-19-6-4-3-5-7-19)35-31(49(45,46)47)21-10-13-25(39)26(16-21)48-2/h3-13,16,18,23-24,28,31,35,37-39H,14-15,17H2,1-2H3,(H,33,41)(H,34,40)(H,36,42)(H,43,44)(H2,45,46,47)/t18-,23+,24+,28+,31?/m1/s1. The molecule has 0 aliphatic carbocycles. The van der Waals surface area contributed by atoms with Crippen molar-refractivity contribution in [3.8, 4) is 17.2 Å². The highest BCUT2D eigenvalue weighted by molar-refractivity contribution is 7.52. The quantitative estimate of drug-likeness (QED) is 0.0849. The Hall–Kier alpha value is -4.99. The van der Waals surface area contributed by atoms with E-state index in [1.807, 2.05) is 0 Å². The van der Waals surface area contributed by atoms with Gasteiger partial charge in [-0.3, -0.25) is 24.3 Å². The zero-order valence-corrected chi connectivity index (χ0v) is 27.4. The molecule has 0 bridgehead atoms. The zero-order valence-electron chi connectivity index (χ0n) is 26.5. The first kappa shape index (κ1) is 38.5. The lowest BCUT2D eigenvalue weighted by molar-refractivity contribution is -0.145. The number of phenolic OH excluding ortho intramolecular Hbond substituents is 2. The Bertz CT molecular complexity index is 1650. The largest absolute Gasteiger partial charge is 0.508 e. The van der Waals surface area contributed by atoms with Gasteiger partial charge < -0.3 is 50.9 Å². The number of aliphatic hydroxyl groups is 1. The number of benzene rings is 3. The van der Waals surface area contributed by atoms with E-state index in [1.165, 1.54) is 49.6 Å². The van der Waals surface area contributed by atoms with Crippen LogP contribution in [0.1, 0.15) is 29.4 Å². The van der Waals surface area contributed by atoms with Gasteiger partial charge in [0.05, 0.1) is 25.8 Å². The summed E-state index contributed by atoms with van der Waals surface area (Å²) in [5.74, 6) is -6.28. The van der Waals surface area contributed by atoms with Crippen molar-refractivity contribution in [2.24, 2.45) is 0 Å². The summed E-state index contributed by atoms with van der Waals surface area (Å²) in [4.78, 5) is 71.7. The molecule has 17 heteroatoms. The Morgan fingerprint density at radius 2 is 1.45 bits per heavy atom. The van der Waals surface area contributed by atoms with Crippen molar-refractivity contribution in [2.75, 3.05) is 13.7 Å². The monoisotopic (exact) mass is 702 g/mol. The number of hydrogen-bond donors (Lipinski definition) is 10. The molecule has 0 fully saturated rings. The van der Waals surface area contributed by atoms with E-state index in [0.717, 1.165) is 6.92 Å². The summed E-state index contributed by atoms with van der Waals surface area (Å²) >= 11 is 0. The van der Waals surface area contributed by atoms with Gasteiger partial charge >= 0.3 is 13.6 Å². The van der Waals surface area contributed by atoms with Crippen LogP contribution in [0, 0.1) is 0 Å². The molecule has 0 spiro atoms. The number of rotatable bonds is 17. The molecule has 0 saturated heterocycles. The number of ether oxygens (including phenoxy) is 1. The molecule has 3 rings (SSSR count). The molecule has 0 aromatic heterocycles. The van der Waals surface area contributed by atoms with Crippen LogP contribution in [-0.4, -0.2) is 91.8 Å². The Morgan fingerprint density at radius 3 is 2.02 bits per heavy atom. The van der Waals surface area contributed by atoms with E-state index in [2.05, 4.69) is 21.3 Å². The first-order chi connectivity index (χ1) is 23.1. The number of aromatic hydroxyl groups is 2. The maximum atomic E-state index is 13.5. The molecule has 0 saturated carbocycles. The first-order valence-corrected chi connectivity index (χ1v) is 16.6. The number of carboxylic acid groups (broad SMARTS) is 1. The number of carbonyl (C=O) groups excluding carboxylic acids is 3. The minimum Gasteiger partial charge on any atom is -0.508 e. The molecule has 0 aliphatic rings. The van der Waals surface area contributed by atoms with Crippen LogP contribution in [0.3, 0.4) is 0 Å². The molecule has 0 aliphatic heterocycles. The number of aliphatic hydroxyl groups excluding tert-OH is 1. The van der Waals surface area contributed by atoms with Gasteiger partial charge in [-0.15, -0.1) is 0 Å². The topological polar surface area (TPSA) is 264 Å². The molecule has 0 radical (unpaired) electrons. The van der Waals surface area contributed by atoms with Crippen LogP contribution in [0.2, 0.25) is 0 Å². The maximum absolute atomic E-state index is 13.5. The minimum atomic E-state index is -5.00. The lowest BCUT2D eigenvalue weighted by atomic mass is 10.0. The molecule has 3 amide bonds. The Labute approximate surface area is 281 Å². The summed E-state index contributed by atoms with van der Waals surface area (Å²) in [6.07, 6.45) is -1.70. The summed E-state index contributed by atoms with van der Waals surface area (Å²) < 4.78 is 17.7. The van der Waals surface area contributed by atoms with E-state index in [0.29, 0.717) is 11.1 Å². The number of carboxylic acids is 1. The minimum absolute atomic E-state index is 0.00605. The van der Waals surface area contributed by atoms with Crippen molar-refractivity contribution in [3.63, 3.8) is 0 Å². The van der Waals surface area contributed by atoms with Crippen LogP contribution < -0.4 is 26.0 Å². The van der Waals surface area contributed by atoms with Crippen LogP contribution in [0.15, 0.2) is 72.8 Å². The lowest BCUT2D eigenvalue weighted by Crippen LogP contribution is -2.56. The summed E-state index contributed by atoms with van der Waals surface area (Å²) in [6.45, 7) is 0.467. The van der Waals surface area contributed by atoms with E-state index in [1.54, 1.807) is 30.3 Å². The second kappa shape index (κ2) is 17.4. The molecule has 0 heterocycles. The van der Waals surface area contributed by atoms with Crippen LogP contribution in [0.25, 0.3) is 0 Å². The normalized spacial score (nSPS) is 14.4. The van der Waals surface area contributed by atoms with Gasteiger partial charge in [0, 0.05) is 6.42 Å². The van der Waals surface area contributed by atoms with E-state index in [-0.39, 0.29) is 35.7 Å². The molecule has 5 atom stereocenters. The van der Waals surface area contributed by atoms with Crippen molar-refractivity contribution in [3.05, 3.63) is 89.5 Å². The van der Waals surface area contributed by atoms with Gasteiger partial charge in [-0.1, -0.05) is 48.5 Å². The van der Waals surface area contributed by atoms with Crippen LogP contribution in [0.4, 0.5) is 0 Å². The van der Waals surface area contributed by atoms with Gasteiger partial charge in [0.1, 0.15) is 17.6 Å². The maximum Gasteiger partial charge on any atom is 0.346 e. The highest BCUT2D eigenvalue weighted by atomic mass is 31.2. The summed E-state index contributed by atoms with van der Waals surface area (Å²) in [5, 5.41) is 48.5. The number of carbonyl (C=O) groups is 4. The third-order valence-electron chi connectivity index (χ3n) is 7.31. The van der Waals surface area contributed by atoms with Gasteiger partial charge in [0.15, 0.2) is 17.5 Å². The zero-order chi connectivity index (χ0) is 36.3. The molecule has 16 nitrogen and oxygen atoms in total. The SMILES string of the molecule is COc1cc(C(N[C@@H](Cc2ccccc2)C(=O)NCC(=O)N[C@@H](Cc2ccc(O)cc2)C(=O)N[C@H](C(=O)O)[C@@H](C)O)P(=O)(O)O)ccc1O. The van der Waals surface area contributed by atoms with Crippen molar-refractivity contribution >= 4 is 31.3 Å². The van der Waals surface area contributed by atoms with Crippen LogP contribution in [-0.2, 0) is 36.6 Å². The number of methoxy groups -OCH3 is 1. The Kier molecular flexibility index (Phi) is 13.7. The molecule has 10 N–H and O–H groups in total. The average molecular weight is 703 g/mol. The van der Waals surface area contributed by atoms with Gasteiger partial charge in [-0.25, -0.2) is 4.79 Å². The Balaban J connectivity index is 1.82. The second-order valence-electron chi connectivity index (χ2n) is 11.1. The highest BCUT2D eigenvalue weighted by Gasteiger charge is 2.36. The summed E-state index contributed by atoms with van der Waals surface area (Å²) in [6, 6.07) is 13.4. The molecular formula is C32H39N4O12P. The summed E-state index contributed by atoms with van der Waals surface area (Å²) in [5.41, 5.74) is 1.10. The fourth-order valence-electron chi connectivity index (χ4n) is 4.77. The third kappa shape index (κ3) is 11.6. The van der Waals surface area contributed by atoms with Crippen molar-refractivity contribution in [1.29, 1.82) is 0 Å². The number of aliphatic carboxylic acids is 1. The predicted molar refractivity (Wildman–Crippen MR) is 175 cm³/mol. The fourth-order valence-corrected chi connectivity index (χ4v) is 5.70. The highest BCUT2D eigenvalue weighted by Crippen LogP contribution is 2.51. The van der Waals surface area contributed by atoms with E-state index >= 15 is 0 Å². The number of amides is 3. The fraction of sp³-hybridized carbons (Fsp3) is 0.312. The molecule has 264 valence electrons. The number of phenols is 2. The number of nitrogens with one attached hydrogen (secondary N) is 4. The third-order valence-corrected chi connectivity index (χ3v) is 8.43. The molecule has 3 aromatic rings. The van der Waals surface area contributed by atoms with E-state index < -0.39 is 67.8 Å². The predicted octanol–water partition coefficient (Wildman–Crippen LogP) is 0.278. The Morgan fingerprint density at radius 1 is 0.837 bits per heavy atom. The van der Waals surface area contributed by atoms with Crippen LogP contribution >= 0.6 is 7.60 Å². The summed E-state index contributed by atoms with van der Waals surface area (Å²) in [7, 11) is -3.74. The van der Waals surface area contributed by atoms with Crippen molar-refractivity contribution in [1.82, 2.24) is 21.3 Å². The van der Waals surface area contributed by atoms with Gasteiger partial charge in [0.25, 0.3) is 0 Å². The number of hydrogen-bond acceptors (Lipinski definition) is 10. The average Bonchev–Trinajstić information content (AvgIpc) is 3.04. The van der Waals surface area contributed by atoms with Gasteiger partial charge in [-0.2, -0.15) is 0 Å². The second-order valence-corrected chi connectivity index (χ2v) is 12.8. The first-order valence-electron chi connectivity index (χ1n) is 14.9. The molecule has 49 heavy (non-hydrogen) atoms. The van der Waals surface area contributed by atoms with E-state index in [9.17, 15) is 54.0 Å².